The lowest BCUT2D eigenvalue weighted by molar-refractivity contribution is -0.140. The lowest BCUT2D eigenvalue weighted by Gasteiger charge is -2.12. The molecule has 0 spiro atoms. The molecule has 0 saturated carbocycles. The summed E-state index contributed by atoms with van der Waals surface area (Å²) < 4.78 is 39.4. The summed E-state index contributed by atoms with van der Waals surface area (Å²) in [5.41, 5.74) is 0.511. The summed E-state index contributed by atoms with van der Waals surface area (Å²) in [7, 11) is 0. The van der Waals surface area contributed by atoms with E-state index in [4.69, 9.17) is 0 Å². The summed E-state index contributed by atoms with van der Waals surface area (Å²) in [6.07, 6.45) is -0.994. The van der Waals surface area contributed by atoms with E-state index in [1.165, 1.54) is 0 Å². The van der Waals surface area contributed by atoms with Crippen molar-refractivity contribution in [2.24, 2.45) is 0 Å². The third kappa shape index (κ3) is 3.89. The maximum Gasteiger partial charge on any atom is 0.433 e. The molecule has 0 radical (unpaired) electrons. The largest absolute Gasteiger partial charge is 0.433 e. The quantitative estimate of drug-likeness (QED) is 0.725. The number of halogens is 3. The van der Waals surface area contributed by atoms with Gasteiger partial charge in [-0.15, -0.1) is 0 Å². The summed E-state index contributed by atoms with van der Waals surface area (Å²) in [6, 6.07) is 6.48. The Bertz CT molecular complexity index is 1010. The number of H-pyrrole nitrogens is 1. The van der Waals surface area contributed by atoms with Gasteiger partial charge in [0.05, 0.1) is 30.4 Å². The lowest BCUT2D eigenvalue weighted by atomic mass is 10.0. The number of Topliss-reactive ketones (excluding diaryl/α,β-unsaturated/α-hetero) is 1. The van der Waals surface area contributed by atoms with Crippen molar-refractivity contribution in [3.05, 3.63) is 41.9 Å². The lowest BCUT2D eigenvalue weighted by Crippen LogP contribution is -2.28. The molecule has 0 bridgehead atoms. The third-order valence-corrected chi connectivity index (χ3v) is 4.85. The predicted molar refractivity (Wildman–Crippen MR) is 96.5 cm³/mol. The smallest absolute Gasteiger partial charge is 0.298 e. The molecule has 3 aromatic rings. The third-order valence-electron chi connectivity index (χ3n) is 4.85. The van der Waals surface area contributed by atoms with E-state index in [1.54, 1.807) is 24.3 Å². The molecule has 1 aliphatic heterocycles. The molecule has 3 heterocycles. The highest BCUT2D eigenvalue weighted by Gasteiger charge is 2.35. The van der Waals surface area contributed by atoms with Crippen LogP contribution in [0.4, 0.5) is 13.2 Å². The van der Waals surface area contributed by atoms with Crippen LogP contribution >= 0.6 is 0 Å². The monoisotopic (exact) mass is 389 g/mol. The van der Waals surface area contributed by atoms with Crippen molar-refractivity contribution < 1.29 is 18.0 Å². The number of nitrogens with one attached hydrogen (secondary N) is 1. The minimum absolute atomic E-state index is 0.0297. The van der Waals surface area contributed by atoms with E-state index in [0.717, 1.165) is 32.1 Å². The Morgan fingerprint density at radius 2 is 1.93 bits per heavy atom. The Kier molecular flexibility index (Phi) is 4.84. The molecule has 0 atom stereocenters. The molecule has 1 aliphatic rings. The van der Waals surface area contributed by atoms with E-state index in [1.807, 2.05) is 5.10 Å². The molecule has 0 unspecified atom stereocenters. The molecule has 9 heteroatoms. The summed E-state index contributed by atoms with van der Waals surface area (Å²) >= 11 is 0. The van der Waals surface area contributed by atoms with Gasteiger partial charge in [0.2, 0.25) is 0 Å². The van der Waals surface area contributed by atoms with Gasteiger partial charge in [0.1, 0.15) is 5.69 Å². The number of aromatic nitrogens is 4. The number of likely N-dealkylation sites (tertiary alicyclic amines) is 1. The molecular formula is C19H18F3N5O. The topological polar surface area (TPSA) is 74.8 Å². The first-order valence-electron chi connectivity index (χ1n) is 9.01. The number of hydrogen-bond donors (Lipinski definition) is 1. The van der Waals surface area contributed by atoms with Gasteiger partial charge in [0.15, 0.2) is 5.78 Å². The second-order valence-electron chi connectivity index (χ2n) is 6.96. The molecule has 6 nitrogen and oxygen atoms in total. The highest BCUT2D eigenvalue weighted by atomic mass is 19.4. The zero-order valence-electron chi connectivity index (χ0n) is 15.0. The van der Waals surface area contributed by atoms with Crippen molar-refractivity contribution in [3.63, 3.8) is 0 Å². The molecule has 1 N–H and O–H groups in total. The minimum atomic E-state index is -4.52. The molecule has 1 saturated heterocycles. The average Bonchev–Trinajstić information content (AvgIpc) is 3.32. The summed E-state index contributed by atoms with van der Waals surface area (Å²) in [5, 5.41) is 14.4. The Labute approximate surface area is 158 Å². The van der Waals surface area contributed by atoms with Crippen molar-refractivity contribution >= 4 is 16.7 Å². The number of aromatic amines is 1. The van der Waals surface area contributed by atoms with Crippen LogP contribution in [0.1, 0.15) is 24.2 Å². The number of carbonyl (C=O) groups is 1. The van der Waals surface area contributed by atoms with Crippen LogP contribution in [0.3, 0.4) is 0 Å². The van der Waals surface area contributed by atoms with Gasteiger partial charge in [-0.25, -0.2) is 0 Å². The molecule has 2 aromatic heterocycles. The van der Waals surface area contributed by atoms with Crippen LogP contribution in [0, 0.1) is 0 Å². The molecular weight excluding hydrogens is 371 g/mol. The van der Waals surface area contributed by atoms with Crippen molar-refractivity contribution in [3.8, 4) is 11.1 Å². The fourth-order valence-electron chi connectivity index (χ4n) is 3.51. The Hall–Kier alpha value is -2.81. The zero-order valence-corrected chi connectivity index (χ0v) is 15.0. The number of fused-ring (bicyclic) bond motifs is 1. The maximum atomic E-state index is 13.1. The maximum absolute atomic E-state index is 13.1. The highest BCUT2D eigenvalue weighted by molar-refractivity contribution is 5.87. The van der Waals surface area contributed by atoms with E-state index >= 15 is 0 Å². The van der Waals surface area contributed by atoms with Crippen LogP contribution in [0.5, 0.6) is 0 Å². The molecule has 1 fully saturated rings. The van der Waals surface area contributed by atoms with Gasteiger partial charge in [-0.1, -0.05) is 6.07 Å². The first kappa shape index (κ1) is 18.5. The summed E-state index contributed by atoms with van der Waals surface area (Å²) in [5.74, 6) is 0.0564. The first-order valence-corrected chi connectivity index (χ1v) is 9.01. The number of hydrogen-bond acceptors (Lipinski definition) is 5. The van der Waals surface area contributed by atoms with Crippen molar-refractivity contribution in [1.29, 1.82) is 0 Å². The number of benzene rings is 1. The average molecular weight is 389 g/mol. The van der Waals surface area contributed by atoms with Crippen molar-refractivity contribution in [1.82, 2.24) is 25.3 Å². The van der Waals surface area contributed by atoms with E-state index < -0.39 is 11.9 Å². The van der Waals surface area contributed by atoms with Crippen LogP contribution in [0.2, 0.25) is 0 Å². The Morgan fingerprint density at radius 3 is 2.68 bits per heavy atom. The van der Waals surface area contributed by atoms with E-state index in [-0.39, 0.29) is 17.8 Å². The molecule has 28 heavy (non-hydrogen) atoms. The second-order valence-corrected chi connectivity index (χ2v) is 6.96. The molecule has 0 aliphatic carbocycles. The number of rotatable bonds is 5. The van der Waals surface area contributed by atoms with Crippen LogP contribution in [0.25, 0.3) is 22.0 Å². The molecule has 1 aromatic carbocycles. The number of ketones is 1. The van der Waals surface area contributed by atoms with Gasteiger partial charge in [0.25, 0.3) is 0 Å². The standard InChI is InChI=1S/C19H18F3N5O/c20-19(21,22)18-16(10-23-26-18)12-3-4-17-13(7-12)8-14(24-25-17)9-15(28)11-27-5-1-2-6-27/h3-4,7-8,10H,1-2,5-6,9,11H2,(H,23,26). The van der Waals surface area contributed by atoms with Crippen molar-refractivity contribution in [2.45, 2.75) is 25.4 Å². The zero-order chi connectivity index (χ0) is 19.7. The van der Waals surface area contributed by atoms with Gasteiger partial charge in [-0.05, 0) is 49.7 Å². The minimum Gasteiger partial charge on any atom is -0.298 e. The van der Waals surface area contributed by atoms with E-state index in [0.29, 0.717) is 28.7 Å². The fraction of sp³-hybridized carbons (Fsp3) is 0.368. The van der Waals surface area contributed by atoms with Gasteiger partial charge in [0, 0.05) is 10.9 Å². The van der Waals surface area contributed by atoms with Crippen LogP contribution in [0.15, 0.2) is 30.5 Å². The van der Waals surface area contributed by atoms with Crippen LogP contribution in [-0.2, 0) is 17.4 Å². The van der Waals surface area contributed by atoms with Gasteiger partial charge in [-0.2, -0.15) is 28.5 Å². The van der Waals surface area contributed by atoms with Gasteiger partial charge in [-0.3, -0.25) is 14.8 Å². The molecule has 0 amide bonds. The normalized spacial score (nSPS) is 15.4. The van der Waals surface area contributed by atoms with Crippen LogP contribution < -0.4 is 0 Å². The molecule has 146 valence electrons. The summed E-state index contributed by atoms with van der Waals surface area (Å²) in [6.45, 7) is 2.26. The highest BCUT2D eigenvalue weighted by Crippen LogP contribution is 2.36. The second kappa shape index (κ2) is 7.31. The summed E-state index contributed by atoms with van der Waals surface area (Å²) in [4.78, 5) is 14.4. The predicted octanol–water partition coefficient (Wildman–Crippen LogP) is 3.25. The SMILES string of the molecule is O=C(Cc1cc2cc(-c3cn[nH]c3C(F)(F)F)ccc2nn1)CN1CCCC1. The fourth-order valence-corrected chi connectivity index (χ4v) is 3.51. The van der Waals surface area contributed by atoms with Gasteiger partial charge < -0.3 is 0 Å². The number of carbonyl (C=O) groups excluding carboxylic acids is 1. The number of alkyl halides is 3. The Balaban J connectivity index is 1.59. The first-order chi connectivity index (χ1) is 13.4. The van der Waals surface area contributed by atoms with Gasteiger partial charge >= 0.3 is 6.18 Å². The van der Waals surface area contributed by atoms with Crippen LogP contribution in [-0.4, -0.2) is 50.7 Å². The Morgan fingerprint density at radius 1 is 1.14 bits per heavy atom. The molecule has 4 rings (SSSR count). The van der Waals surface area contributed by atoms with Crippen molar-refractivity contribution in [2.75, 3.05) is 19.6 Å². The van der Waals surface area contributed by atoms with E-state index in [9.17, 15) is 18.0 Å². The van der Waals surface area contributed by atoms with E-state index in [2.05, 4.69) is 20.2 Å². The number of nitrogens with zero attached hydrogens (tertiary/aromatic N) is 4.